The Hall–Kier alpha value is -3.16. The highest BCUT2D eigenvalue weighted by Crippen LogP contribution is 2.37. The molecule has 2 aromatic carbocycles. The predicted molar refractivity (Wildman–Crippen MR) is 111 cm³/mol. The Morgan fingerprint density at radius 2 is 2.07 bits per heavy atom. The maximum atomic E-state index is 13.0. The number of hydrogen-bond acceptors (Lipinski definition) is 4. The molecule has 4 rings (SSSR count). The number of carbonyl (C=O) groups is 2. The molecule has 0 fully saturated rings. The molecule has 148 valence electrons. The molecule has 1 aliphatic rings. The van der Waals surface area contributed by atoms with Gasteiger partial charge in [-0.2, -0.15) is 5.10 Å². The lowest BCUT2D eigenvalue weighted by Gasteiger charge is -2.24. The van der Waals surface area contributed by atoms with Gasteiger partial charge in [0.15, 0.2) is 0 Å². The van der Waals surface area contributed by atoms with Gasteiger partial charge in [-0.1, -0.05) is 48.0 Å². The number of benzene rings is 2. The van der Waals surface area contributed by atoms with E-state index in [-0.39, 0.29) is 24.8 Å². The van der Waals surface area contributed by atoms with Crippen molar-refractivity contribution in [1.29, 1.82) is 0 Å². The van der Waals surface area contributed by atoms with Crippen LogP contribution in [0.1, 0.15) is 18.2 Å². The van der Waals surface area contributed by atoms with Gasteiger partial charge in [0.25, 0.3) is 0 Å². The molecule has 7 nitrogen and oxygen atoms in total. The SMILES string of the molecule is COCc1nn2c(c1-c1ccccc1)NC(=O)CC2C(=O)Nc1cccc(Cl)c1. The summed E-state index contributed by atoms with van der Waals surface area (Å²) in [5.41, 5.74) is 2.84. The zero-order chi connectivity index (χ0) is 20.4. The van der Waals surface area contributed by atoms with Crippen LogP contribution in [0.25, 0.3) is 11.1 Å². The first kappa shape index (κ1) is 19.2. The fraction of sp³-hybridized carbons (Fsp3) is 0.190. The lowest BCUT2D eigenvalue weighted by atomic mass is 10.0. The number of rotatable bonds is 5. The highest BCUT2D eigenvalue weighted by Gasteiger charge is 2.35. The van der Waals surface area contributed by atoms with E-state index in [1.807, 2.05) is 30.3 Å². The number of methoxy groups -OCH3 is 1. The van der Waals surface area contributed by atoms with Crippen molar-refractivity contribution in [3.63, 3.8) is 0 Å². The van der Waals surface area contributed by atoms with Crippen molar-refractivity contribution in [3.05, 3.63) is 65.3 Å². The molecule has 0 saturated heterocycles. The number of amides is 2. The van der Waals surface area contributed by atoms with Gasteiger partial charge < -0.3 is 15.4 Å². The van der Waals surface area contributed by atoms with Crippen LogP contribution in [0.3, 0.4) is 0 Å². The average molecular weight is 411 g/mol. The molecule has 8 heteroatoms. The van der Waals surface area contributed by atoms with E-state index < -0.39 is 6.04 Å². The number of carbonyl (C=O) groups excluding carboxylic acids is 2. The normalized spacial score (nSPS) is 15.5. The molecule has 3 aromatic rings. The van der Waals surface area contributed by atoms with Crippen molar-refractivity contribution >= 4 is 34.9 Å². The zero-order valence-electron chi connectivity index (χ0n) is 15.7. The Balaban J connectivity index is 1.75. The highest BCUT2D eigenvalue weighted by molar-refractivity contribution is 6.30. The summed E-state index contributed by atoms with van der Waals surface area (Å²) in [4.78, 5) is 25.4. The van der Waals surface area contributed by atoms with Gasteiger partial charge in [0.1, 0.15) is 11.9 Å². The number of nitrogens with one attached hydrogen (secondary N) is 2. The largest absolute Gasteiger partial charge is 0.378 e. The van der Waals surface area contributed by atoms with Crippen molar-refractivity contribution in [1.82, 2.24) is 9.78 Å². The fourth-order valence-electron chi connectivity index (χ4n) is 3.41. The second-order valence-electron chi connectivity index (χ2n) is 6.68. The third-order valence-electron chi connectivity index (χ3n) is 4.65. The first-order valence-corrected chi connectivity index (χ1v) is 9.46. The van der Waals surface area contributed by atoms with Crippen LogP contribution in [-0.4, -0.2) is 28.7 Å². The van der Waals surface area contributed by atoms with Crippen molar-refractivity contribution < 1.29 is 14.3 Å². The van der Waals surface area contributed by atoms with Crippen molar-refractivity contribution in [3.8, 4) is 11.1 Å². The molecule has 0 saturated carbocycles. The van der Waals surface area contributed by atoms with E-state index in [0.717, 1.165) is 11.1 Å². The van der Waals surface area contributed by atoms with Crippen LogP contribution in [0.2, 0.25) is 5.02 Å². The van der Waals surface area contributed by atoms with Crippen LogP contribution < -0.4 is 10.6 Å². The predicted octanol–water partition coefficient (Wildman–Crippen LogP) is 3.87. The number of fused-ring (bicyclic) bond motifs is 1. The van der Waals surface area contributed by atoms with Crippen molar-refractivity contribution in [2.45, 2.75) is 19.1 Å². The second-order valence-corrected chi connectivity index (χ2v) is 7.12. The van der Waals surface area contributed by atoms with Crippen LogP contribution in [0, 0.1) is 0 Å². The van der Waals surface area contributed by atoms with Gasteiger partial charge in [0, 0.05) is 23.4 Å². The van der Waals surface area contributed by atoms with E-state index >= 15 is 0 Å². The van der Waals surface area contributed by atoms with Gasteiger partial charge in [-0.15, -0.1) is 0 Å². The quantitative estimate of drug-likeness (QED) is 0.668. The Bertz CT molecular complexity index is 1070. The summed E-state index contributed by atoms with van der Waals surface area (Å²) >= 11 is 6.00. The number of ether oxygens (including phenoxy) is 1. The smallest absolute Gasteiger partial charge is 0.249 e. The maximum absolute atomic E-state index is 13.0. The van der Waals surface area contributed by atoms with Crippen LogP contribution in [0.5, 0.6) is 0 Å². The Kier molecular flexibility index (Phi) is 5.33. The van der Waals surface area contributed by atoms with Gasteiger partial charge in [-0.3, -0.25) is 9.59 Å². The topological polar surface area (TPSA) is 85.2 Å². The van der Waals surface area contributed by atoms with E-state index in [4.69, 9.17) is 16.3 Å². The first-order chi connectivity index (χ1) is 14.1. The van der Waals surface area contributed by atoms with E-state index in [9.17, 15) is 9.59 Å². The summed E-state index contributed by atoms with van der Waals surface area (Å²) in [7, 11) is 1.58. The standard InChI is InChI=1S/C21H19ClN4O3/c1-29-12-16-19(13-6-3-2-4-7-13)20-24-18(27)11-17(26(20)25-16)21(28)23-15-9-5-8-14(22)10-15/h2-10,17H,11-12H2,1H3,(H,23,28)(H,24,27). The van der Waals surface area contributed by atoms with Crippen LogP contribution in [0.4, 0.5) is 11.5 Å². The number of anilines is 2. The van der Waals surface area contributed by atoms with Gasteiger partial charge in [-0.05, 0) is 23.8 Å². The zero-order valence-corrected chi connectivity index (χ0v) is 16.4. The Labute approximate surface area is 172 Å². The monoisotopic (exact) mass is 410 g/mol. The molecule has 2 heterocycles. The minimum atomic E-state index is -0.786. The summed E-state index contributed by atoms with van der Waals surface area (Å²) in [6.45, 7) is 0.253. The minimum absolute atomic E-state index is 0.0122. The molecule has 1 aromatic heterocycles. The van der Waals surface area contributed by atoms with Crippen LogP contribution in [-0.2, 0) is 20.9 Å². The average Bonchev–Trinajstić information content (AvgIpc) is 3.06. The maximum Gasteiger partial charge on any atom is 0.249 e. The van der Waals surface area contributed by atoms with E-state index in [2.05, 4.69) is 15.7 Å². The first-order valence-electron chi connectivity index (χ1n) is 9.09. The molecule has 2 amide bonds. The Morgan fingerprint density at radius 1 is 1.28 bits per heavy atom. The second kappa shape index (κ2) is 8.06. The molecule has 29 heavy (non-hydrogen) atoms. The molecule has 0 bridgehead atoms. The van der Waals surface area contributed by atoms with E-state index in [1.165, 1.54) is 0 Å². The Morgan fingerprint density at radius 3 is 2.79 bits per heavy atom. The molecule has 1 aliphatic heterocycles. The summed E-state index contributed by atoms with van der Waals surface area (Å²) in [6, 6.07) is 15.7. The highest BCUT2D eigenvalue weighted by atomic mass is 35.5. The van der Waals surface area contributed by atoms with Gasteiger partial charge in [0.05, 0.1) is 18.7 Å². The number of aromatic nitrogens is 2. The van der Waals surface area contributed by atoms with Gasteiger partial charge in [-0.25, -0.2) is 4.68 Å². The third-order valence-corrected chi connectivity index (χ3v) is 4.89. The molecule has 0 spiro atoms. The van der Waals surface area contributed by atoms with Gasteiger partial charge >= 0.3 is 0 Å². The molecule has 1 atom stereocenters. The number of nitrogens with zero attached hydrogens (tertiary/aromatic N) is 2. The summed E-state index contributed by atoms with van der Waals surface area (Å²) in [6.07, 6.45) is -0.0122. The third kappa shape index (κ3) is 3.87. The molecule has 0 aliphatic carbocycles. The molecule has 1 unspecified atom stereocenters. The summed E-state index contributed by atoms with van der Waals surface area (Å²) in [5.74, 6) is -0.0926. The summed E-state index contributed by atoms with van der Waals surface area (Å²) in [5, 5.41) is 10.8. The lowest BCUT2D eigenvalue weighted by molar-refractivity contribution is -0.125. The molecule has 2 N–H and O–H groups in total. The number of halogens is 1. The summed E-state index contributed by atoms with van der Waals surface area (Å²) < 4.78 is 6.86. The molecular weight excluding hydrogens is 392 g/mol. The van der Waals surface area contributed by atoms with E-state index in [0.29, 0.717) is 22.2 Å². The van der Waals surface area contributed by atoms with E-state index in [1.54, 1.807) is 36.1 Å². The lowest BCUT2D eigenvalue weighted by Crippen LogP contribution is -2.35. The van der Waals surface area contributed by atoms with Gasteiger partial charge in [0.2, 0.25) is 11.8 Å². The van der Waals surface area contributed by atoms with Crippen molar-refractivity contribution in [2.75, 3.05) is 17.7 Å². The van der Waals surface area contributed by atoms with Crippen molar-refractivity contribution in [2.24, 2.45) is 0 Å². The number of hydrogen-bond donors (Lipinski definition) is 2. The molecule has 0 radical (unpaired) electrons. The van der Waals surface area contributed by atoms with Crippen LogP contribution >= 0.6 is 11.6 Å². The molecular formula is C21H19ClN4O3. The fourth-order valence-corrected chi connectivity index (χ4v) is 3.60. The van der Waals surface area contributed by atoms with Crippen LogP contribution in [0.15, 0.2) is 54.6 Å². The minimum Gasteiger partial charge on any atom is -0.378 e.